The van der Waals surface area contributed by atoms with Gasteiger partial charge in [-0.2, -0.15) is 0 Å². The maximum Gasteiger partial charge on any atom is 0.326 e. The monoisotopic (exact) mass is 899 g/mol. The number of nitrogens with zero attached hydrogens (tertiary/aromatic N) is 2. The summed E-state index contributed by atoms with van der Waals surface area (Å²) in [5.74, 6) is -6.10. The van der Waals surface area contributed by atoms with E-state index in [1.165, 1.54) is 0 Å². The highest BCUT2D eigenvalue weighted by molar-refractivity contribution is 5.89. The van der Waals surface area contributed by atoms with Crippen LogP contribution in [0.1, 0.15) is 63.4 Å². The Balaban J connectivity index is 1.52. The molecule has 1 aliphatic carbocycles. The van der Waals surface area contributed by atoms with E-state index in [1.54, 1.807) is 4.90 Å². The normalized spacial score (nSPS) is 16.3. The molecule has 354 valence electrons. The molecule has 3 atom stereocenters. The van der Waals surface area contributed by atoms with Crippen LogP contribution in [-0.4, -0.2) is 161 Å². The van der Waals surface area contributed by atoms with Crippen molar-refractivity contribution in [1.82, 2.24) is 36.4 Å². The molecule has 1 unspecified atom stereocenters. The predicted octanol–water partition coefficient (Wildman–Crippen LogP) is -0.247. The Labute approximate surface area is 372 Å². The minimum atomic E-state index is -1.53. The highest BCUT2D eigenvalue weighted by Gasteiger charge is 2.30. The number of rotatable bonds is 30. The van der Waals surface area contributed by atoms with E-state index in [9.17, 15) is 53.7 Å². The number of carboxylic acid groups (broad SMARTS) is 4. The number of urea groups is 1. The van der Waals surface area contributed by atoms with Gasteiger partial charge in [-0.15, -0.1) is 0 Å². The molecule has 21 heteroatoms. The van der Waals surface area contributed by atoms with Crippen molar-refractivity contribution in [3.63, 3.8) is 0 Å². The van der Waals surface area contributed by atoms with E-state index in [-0.39, 0.29) is 62.5 Å². The van der Waals surface area contributed by atoms with Gasteiger partial charge in [0.25, 0.3) is 0 Å². The zero-order chi connectivity index (χ0) is 47.0. The van der Waals surface area contributed by atoms with Crippen LogP contribution in [-0.2, 0) is 40.0 Å². The van der Waals surface area contributed by atoms with Gasteiger partial charge in [0, 0.05) is 71.1 Å². The van der Waals surface area contributed by atoms with Gasteiger partial charge in [-0.05, 0) is 73.6 Å². The van der Waals surface area contributed by atoms with E-state index in [0.717, 1.165) is 16.3 Å². The lowest BCUT2D eigenvalue weighted by atomic mass is 9.81. The predicted molar refractivity (Wildman–Crippen MR) is 235 cm³/mol. The van der Waals surface area contributed by atoms with Gasteiger partial charge >= 0.3 is 29.9 Å². The highest BCUT2D eigenvalue weighted by Crippen LogP contribution is 2.29. The van der Waals surface area contributed by atoms with Crippen LogP contribution < -0.4 is 38.1 Å². The van der Waals surface area contributed by atoms with Crippen LogP contribution in [0.5, 0.6) is 0 Å². The summed E-state index contributed by atoms with van der Waals surface area (Å²) in [5.41, 5.74) is 12.2. The lowest BCUT2D eigenvalue weighted by Gasteiger charge is -2.30. The molecule has 0 bridgehead atoms. The second-order valence-electron chi connectivity index (χ2n) is 16.1. The Kier molecular flexibility index (Phi) is 23.0. The van der Waals surface area contributed by atoms with E-state index in [4.69, 9.17) is 16.6 Å². The third-order valence-electron chi connectivity index (χ3n) is 11.1. The van der Waals surface area contributed by atoms with Crippen molar-refractivity contribution in [2.24, 2.45) is 23.3 Å². The molecule has 1 saturated carbocycles. The first-order valence-electron chi connectivity index (χ1n) is 21.7. The lowest BCUT2D eigenvalue weighted by Crippen LogP contribution is -2.51. The molecule has 3 rings (SSSR count). The molecular weight excluding hydrogens is 835 g/mol. The van der Waals surface area contributed by atoms with Gasteiger partial charge < -0.3 is 58.5 Å². The number of nitrogens with one attached hydrogen (secondary N) is 5. The molecule has 1 aliphatic rings. The number of nitrogens with two attached hydrogens (primary N) is 2. The van der Waals surface area contributed by atoms with Crippen molar-refractivity contribution in [3.05, 3.63) is 48.0 Å². The van der Waals surface area contributed by atoms with Gasteiger partial charge in [0.05, 0.1) is 13.1 Å². The number of amides is 5. The van der Waals surface area contributed by atoms with E-state index in [1.807, 2.05) is 47.4 Å². The average Bonchev–Trinajstić information content (AvgIpc) is 3.25. The van der Waals surface area contributed by atoms with Gasteiger partial charge in [0.1, 0.15) is 18.1 Å². The summed E-state index contributed by atoms with van der Waals surface area (Å²) in [6.45, 7) is 2.92. The first kappa shape index (κ1) is 52.4. The van der Waals surface area contributed by atoms with Gasteiger partial charge in [0.15, 0.2) is 0 Å². The fourth-order valence-electron chi connectivity index (χ4n) is 7.57. The fraction of sp³-hybridized carbons (Fsp3) is 0.581. The highest BCUT2D eigenvalue weighted by atomic mass is 16.4. The molecule has 1 fully saturated rings. The molecule has 0 radical (unpaired) electrons. The Morgan fingerprint density at radius 3 is 1.86 bits per heavy atom. The van der Waals surface area contributed by atoms with Crippen molar-refractivity contribution in [1.29, 1.82) is 0 Å². The van der Waals surface area contributed by atoms with Crippen LogP contribution in [0.3, 0.4) is 0 Å². The fourth-order valence-corrected chi connectivity index (χ4v) is 7.57. The molecule has 0 heterocycles. The number of benzene rings is 2. The van der Waals surface area contributed by atoms with Crippen molar-refractivity contribution in [2.75, 3.05) is 65.4 Å². The second-order valence-corrected chi connectivity index (χ2v) is 16.1. The molecule has 13 N–H and O–H groups in total. The Morgan fingerprint density at radius 1 is 0.656 bits per heavy atom. The number of unbranched alkanes of at least 4 members (excludes halogenated alkanes) is 1. The number of fused-ring (bicyclic) bond motifs is 1. The number of aliphatic carboxylic acids is 4. The summed E-state index contributed by atoms with van der Waals surface area (Å²) in [4.78, 5) is 101. The molecule has 0 spiro atoms. The van der Waals surface area contributed by atoms with E-state index in [0.29, 0.717) is 77.9 Å². The summed E-state index contributed by atoms with van der Waals surface area (Å²) in [7, 11) is 0. The zero-order valence-electron chi connectivity index (χ0n) is 36.2. The third-order valence-corrected chi connectivity index (χ3v) is 11.1. The molecule has 2 aromatic carbocycles. The minimum absolute atomic E-state index is 0.0491. The summed E-state index contributed by atoms with van der Waals surface area (Å²) < 4.78 is 0. The van der Waals surface area contributed by atoms with E-state index < -0.39 is 66.8 Å². The smallest absolute Gasteiger partial charge is 0.326 e. The summed E-state index contributed by atoms with van der Waals surface area (Å²) in [5, 5.41) is 52.0. The molecule has 0 aromatic heterocycles. The zero-order valence-corrected chi connectivity index (χ0v) is 36.2. The summed E-state index contributed by atoms with van der Waals surface area (Å²) in [6.07, 6.45) is 2.32. The topological polar surface area (TPSA) is 336 Å². The Hall–Kier alpha value is -5.90. The SMILES string of the molecule is NCCN(CCN(CCN)CC(=O)NCC1CCC(C(=O)NC(Cc2ccc3ccccc3c2)C(=O)NCCCC[C@H](NC(=O)N[C@@H](CCC(=O)O)C(=O)O)C(=O)O)CC1)CC(=O)O. The third kappa shape index (κ3) is 19.7. The van der Waals surface area contributed by atoms with Gasteiger partial charge in [-0.1, -0.05) is 42.5 Å². The molecule has 64 heavy (non-hydrogen) atoms. The molecular formula is C43H65N9O12. The number of hydrogen-bond acceptors (Lipinski definition) is 12. The van der Waals surface area contributed by atoms with Crippen LogP contribution in [0.15, 0.2) is 42.5 Å². The number of carbonyl (C=O) groups is 8. The number of hydrogen-bond donors (Lipinski definition) is 11. The van der Waals surface area contributed by atoms with Gasteiger partial charge in [0.2, 0.25) is 17.7 Å². The van der Waals surface area contributed by atoms with Crippen LogP contribution in [0.25, 0.3) is 10.8 Å². The quantitative estimate of drug-likeness (QED) is 0.0451. The van der Waals surface area contributed by atoms with Crippen LogP contribution >= 0.6 is 0 Å². The van der Waals surface area contributed by atoms with Crippen LogP contribution in [0.2, 0.25) is 0 Å². The van der Waals surface area contributed by atoms with Gasteiger partial charge in [-0.25, -0.2) is 14.4 Å². The maximum atomic E-state index is 13.7. The maximum absolute atomic E-state index is 13.7. The van der Waals surface area contributed by atoms with Gasteiger partial charge in [-0.3, -0.25) is 33.8 Å². The Bertz CT molecular complexity index is 1880. The lowest BCUT2D eigenvalue weighted by molar-refractivity contribution is -0.141. The van der Waals surface area contributed by atoms with Crippen molar-refractivity contribution in [3.8, 4) is 0 Å². The molecule has 0 aliphatic heterocycles. The summed E-state index contributed by atoms with van der Waals surface area (Å²) >= 11 is 0. The average molecular weight is 900 g/mol. The molecule has 21 nitrogen and oxygen atoms in total. The largest absolute Gasteiger partial charge is 0.481 e. The Morgan fingerprint density at radius 2 is 1.27 bits per heavy atom. The summed E-state index contributed by atoms with van der Waals surface area (Å²) in [6, 6.07) is 8.66. The molecule has 2 aromatic rings. The second kappa shape index (κ2) is 28.0. The molecule has 0 saturated heterocycles. The first-order chi connectivity index (χ1) is 30.6. The van der Waals surface area contributed by atoms with E-state index in [2.05, 4.69) is 26.6 Å². The standard InChI is InChI=1S/C43H65N9O12/c44-16-19-51(21-22-52(20-17-45)27-38(56)57)26-36(53)47-25-28-8-12-31(13-9-28)39(58)48-35(24-29-10-11-30-5-1-2-6-32(30)23-29)40(59)46-18-4-3-7-33(41(60)61)49-43(64)50-34(42(62)63)14-15-37(54)55/h1-2,5-6,10-11,23,28,31,33-35H,3-4,7-9,12-22,24-27,44-45H2,(H,46,59)(H,47,53)(H,48,58)(H,54,55)(H,56,57)(H,60,61)(H,62,63)(H2,49,50,64)/t28?,31?,33-,34-,35?/m0/s1. The van der Waals surface area contributed by atoms with E-state index >= 15 is 0 Å². The molecule has 5 amide bonds. The number of carbonyl (C=O) groups excluding carboxylic acids is 4. The number of carboxylic acids is 4. The van der Waals surface area contributed by atoms with Crippen LogP contribution in [0.4, 0.5) is 4.79 Å². The van der Waals surface area contributed by atoms with Crippen molar-refractivity contribution < 1.29 is 58.8 Å². The first-order valence-corrected chi connectivity index (χ1v) is 21.7. The minimum Gasteiger partial charge on any atom is -0.481 e. The van der Waals surface area contributed by atoms with Crippen LogP contribution in [0, 0.1) is 11.8 Å². The van der Waals surface area contributed by atoms with Crippen molar-refractivity contribution in [2.45, 2.75) is 82.3 Å². The van der Waals surface area contributed by atoms with Crippen molar-refractivity contribution >= 4 is 58.4 Å².